The Kier molecular flexibility index (Phi) is 10.2. The monoisotopic (exact) mass is 945 g/mol. The van der Waals surface area contributed by atoms with Crippen molar-refractivity contribution in [2.75, 3.05) is 0 Å². The first-order chi connectivity index (χ1) is 24.7. The fourth-order valence-corrected chi connectivity index (χ4v) is 5.81. The van der Waals surface area contributed by atoms with Gasteiger partial charge in [-0.1, -0.05) is 47.4 Å². The zero-order valence-electron chi connectivity index (χ0n) is 27.0. The Morgan fingerprint density at radius 1 is 0.481 bits per heavy atom. The van der Waals surface area contributed by atoms with Gasteiger partial charge in [-0.05, 0) is 35.7 Å². The number of pyridine rings is 2. The number of rotatable bonds is 8. The molecule has 0 unspecified atom stereocenters. The Bertz CT molecular complexity index is 2460. The van der Waals surface area contributed by atoms with Gasteiger partial charge in [0.1, 0.15) is 0 Å². The summed E-state index contributed by atoms with van der Waals surface area (Å²) in [6.45, 7) is 0. The number of ether oxygens (including phenoxy) is 2. The van der Waals surface area contributed by atoms with Crippen molar-refractivity contribution in [2.45, 2.75) is 0 Å². The molecule has 4 aromatic carbocycles. The van der Waals surface area contributed by atoms with E-state index in [2.05, 4.69) is 34.2 Å². The number of hydrogen-bond acceptors (Lipinski definition) is 6. The van der Waals surface area contributed by atoms with Crippen LogP contribution in [0.25, 0.3) is 56.0 Å². The van der Waals surface area contributed by atoms with Gasteiger partial charge >= 0.3 is 41.5 Å². The van der Waals surface area contributed by atoms with Crippen LogP contribution in [0.15, 0.2) is 146 Å². The molecule has 0 N–H and O–H groups in total. The molecule has 5 heterocycles. The molecule has 0 atom stereocenters. The van der Waals surface area contributed by atoms with Crippen molar-refractivity contribution < 1.29 is 51.0 Å². The van der Waals surface area contributed by atoms with Crippen molar-refractivity contribution in [1.82, 2.24) is 29.1 Å². The summed E-state index contributed by atoms with van der Waals surface area (Å²) in [4.78, 5) is 18.5. The number of benzene rings is 4. The van der Waals surface area contributed by atoms with Crippen LogP contribution in [0.2, 0.25) is 0 Å². The largest absolute Gasteiger partial charge is 2.00 e. The number of aromatic nitrogens is 6. The Balaban J connectivity index is 0.00000210. The molecule has 0 amide bonds. The summed E-state index contributed by atoms with van der Waals surface area (Å²) in [5, 5.41) is 1.87. The molecule has 9 rings (SSSR count). The molecule has 0 spiro atoms. The minimum absolute atomic E-state index is 0. The molecule has 10 heteroatoms. The second-order valence-electron chi connectivity index (χ2n) is 11.3. The number of fused-ring (bicyclic) bond motifs is 3. The first-order valence-electron chi connectivity index (χ1n) is 15.9. The van der Waals surface area contributed by atoms with Crippen LogP contribution in [0.3, 0.4) is 0 Å². The van der Waals surface area contributed by atoms with Crippen molar-refractivity contribution in [3.8, 4) is 57.1 Å². The Morgan fingerprint density at radius 3 is 1.46 bits per heavy atom. The van der Waals surface area contributed by atoms with Crippen LogP contribution in [0.1, 0.15) is 0 Å². The van der Waals surface area contributed by atoms with E-state index in [4.69, 9.17) is 19.4 Å². The Morgan fingerprint density at radius 2 is 0.981 bits per heavy atom. The smallest absolute Gasteiger partial charge is 0.503 e. The summed E-state index contributed by atoms with van der Waals surface area (Å²) >= 11 is 0. The van der Waals surface area contributed by atoms with Gasteiger partial charge in [0.05, 0.1) is 18.1 Å². The SMILES string of the molecule is [Pd+2].[Pt+2].[c-]1c(Oc2[c-]c3c(cc2)c2ccc(Oc4[c-]c(-c5ccccn5)ccc4)[c-]c2n3-c2ncc(-n3cccc3)cn2)cccc1-c1ccccn1. The summed E-state index contributed by atoms with van der Waals surface area (Å²) in [5.41, 5.74) is 5.58. The van der Waals surface area contributed by atoms with Gasteiger partial charge in [-0.15, -0.1) is 71.8 Å². The van der Waals surface area contributed by atoms with Crippen molar-refractivity contribution in [3.05, 3.63) is 171 Å². The summed E-state index contributed by atoms with van der Waals surface area (Å²) in [5.74, 6) is 2.57. The minimum Gasteiger partial charge on any atom is -0.503 e. The van der Waals surface area contributed by atoms with E-state index in [1.165, 1.54) is 0 Å². The standard InChI is InChI=1S/C42H24N6O2.Pd.Pt/c1-3-19-43-38(13-1)29-9-7-11-32(23-29)49-34-15-17-36-37-18-16-35(50-33-12-8-10-30(24-33)39-14-2-4-20-44-39)26-41(37)48(40(36)25-34)42-45-27-31(28-46-42)47-21-5-6-22-47;;/h1-22,27-28H;;/q-4;2*+2. The van der Waals surface area contributed by atoms with Crippen LogP contribution in [-0.4, -0.2) is 29.1 Å². The minimum atomic E-state index is 0. The van der Waals surface area contributed by atoms with Gasteiger partial charge in [0.2, 0.25) is 5.95 Å². The third-order valence-corrected chi connectivity index (χ3v) is 8.12. The second kappa shape index (κ2) is 15.3. The van der Waals surface area contributed by atoms with E-state index in [1.807, 2.05) is 131 Å². The van der Waals surface area contributed by atoms with Crippen LogP contribution < -0.4 is 9.47 Å². The molecule has 0 aliphatic rings. The molecule has 254 valence electrons. The Hall–Kier alpha value is -5.71. The van der Waals surface area contributed by atoms with Gasteiger partial charge in [-0.2, -0.15) is 22.9 Å². The molecule has 0 aliphatic heterocycles. The predicted octanol–water partition coefficient (Wildman–Crippen LogP) is 9.27. The van der Waals surface area contributed by atoms with E-state index >= 15 is 0 Å². The molecule has 0 saturated heterocycles. The van der Waals surface area contributed by atoms with Crippen molar-refractivity contribution in [1.29, 1.82) is 0 Å². The molecule has 0 bridgehead atoms. The average molecular weight is 946 g/mol. The van der Waals surface area contributed by atoms with Crippen molar-refractivity contribution in [2.24, 2.45) is 0 Å². The van der Waals surface area contributed by atoms with Gasteiger partial charge in [-0.3, -0.25) is 0 Å². The average Bonchev–Trinajstić information content (AvgIpc) is 3.83. The fourth-order valence-electron chi connectivity index (χ4n) is 5.81. The van der Waals surface area contributed by atoms with Crippen molar-refractivity contribution >= 4 is 21.8 Å². The molecule has 52 heavy (non-hydrogen) atoms. The van der Waals surface area contributed by atoms with Crippen LogP contribution in [0.4, 0.5) is 0 Å². The number of nitrogens with zero attached hydrogens (tertiary/aromatic N) is 6. The van der Waals surface area contributed by atoms with E-state index in [0.717, 1.165) is 50.0 Å². The van der Waals surface area contributed by atoms with Crippen LogP contribution in [0, 0.1) is 24.3 Å². The normalized spacial score (nSPS) is 10.8. The molecule has 9 aromatic rings. The Labute approximate surface area is 327 Å². The maximum atomic E-state index is 6.31. The molecule has 8 nitrogen and oxygen atoms in total. The third-order valence-electron chi connectivity index (χ3n) is 8.12. The maximum Gasteiger partial charge on any atom is 2.00 e. The van der Waals surface area contributed by atoms with Gasteiger partial charge in [0.15, 0.2) is 0 Å². The van der Waals surface area contributed by atoms with E-state index in [1.54, 1.807) is 24.8 Å². The van der Waals surface area contributed by atoms with Crippen LogP contribution in [-0.2, 0) is 41.5 Å². The topological polar surface area (TPSA) is 79.9 Å². The second-order valence-corrected chi connectivity index (χ2v) is 11.3. The molecule has 0 radical (unpaired) electrons. The third kappa shape index (κ3) is 6.95. The van der Waals surface area contributed by atoms with Gasteiger partial charge in [-0.25, -0.2) is 9.97 Å². The molecule has 0 aliphatic carbocycles. The quantitative estimate of drug-likeness (QED) is 0.112. The maximum absolute atomic E-state index is 6.31. The zero-order chi connectivity index (χ0) is 33.3. The van der Waals surface area contributed by atoms with Crippen molar-refractivity contribution in [3.63, 3.8) is 0 Å². The summed E-state index contributed by atoms with van der Waals surface area (Å²) in [7, 11) is 0. The zero-order valence-corrected chi connectivity index (χ0v) is 30.8. The van der Waals surface area contributed by atoms with Crippen LogP contribution >= 0.6 is 0 Å². The number of hydrogen-bond donors (Lipinski definition) is 0. The molecule has 0 fully saturated rings. The fraction of sp³-hybridized carbons (Fsp3) is 0. The predicted molar refractivity (Wildman–Crippen MR) is 191 cm³/mol. The molecular weight excluding hydrogens is 922 g/mol. The molecular formula is C42H24N6O2PdPt. The van der Waals surface area contributed by atoms with E-state index in [-0.39, 0.29) is 41.5 Å². The first-order valence-corrected chi connectivity index (χ1v) is 15.9. The van der Waals surface area contributed by atoms with E-state index in [0.29, 0.717) is 28.9 Å². The van der Waals surface area contributed by atoms with Gasteiger partial charge in [0.25, 0.3) is 0 Å². The van der Waals surface area contributed by atoms with Gasteiger partial charge in [0, 0.05) is 47.8 Å². The van der Waals surface area contributed by atoms with Crippen LogP contribution in [0.5, 0.6) is 23.0 Å². The van der Waals surface area contributed by atoms with Gasteiger partial charge < -0.3 is 28.6 Å². The van der Waals surface area contributed by atoms with E-state index < -0.39 is 0 Å². The van der Waals surface area contributed by atoms with E-state index in [9.17, 15) is 0 Å². The molecule has 5 aromatic heterocycles. The summed E-state index contributed by atoms with van der Waals surface area (Å²) < 4.78 is 16.5. The summed E-state index contributed by atoms with van der Waals surface area (Å²) in [6, 6.07) is 48.4. The molecule has 0 saturated carbocycles. The summed E-state index contributed by atoms with van der Waals surface area (Å²) in [6.07, 6.45) is 11.0. The first kappa shape index (κ1) is 34.7.